The second-order valence-corrected chi connectivity index (χ2v) is 8.20. The molecule has 0 unspecified atom stereocenters. The fraction of sp³-hybridized carbons (Fsp3) is 0.280. The summed E-state index contributed by atoms with van der Waals surface area (Å²) in [6.45, 7) is 2.55. The minimum absolute atomic E-state index is 0.272. The predicted molar refractivity (Wildman–Crippen MR) is 135 cm³/mol. The van der Waals surface area contributed by atoms with Gasteiger partial charge < -0.3 is 15.0 Å². The maximum atomic E-state index is 11.0. The van der Waals surface area contributed by atoms with Crippen LogP contribution in [-0.4, -0.2) is 44.5 Å². The number of hydrogen-bond acceptors (Lipinski definition) is 8. The molecular formula is C25H29N7O3. The molecule has 10 nitrogen and oxygen atoms in total. The molecule has 1 amide bonds. The summed E-state index contributed by atoms with van der Waals surface area (Å²) in [5, 5.41) is 17.4. The molecule has 0 radical (unpaired) electrons. The maximum absolute atomic E-state index is 11.0. The first-order valence-corrected chi connectivity index (χ1v) is 11.4. The molecule has 10 heteroatoms. The predicted octanol–water partition coefficient (Wildman–Crippen LogP) is 4.24. The number of benzene rings is 2. The van der Waals surface area contributed by atoms with E-state index in [-0.39, 0.29) is 12.3 Å². The van der Waals surface area contributed by atoms with Crippen molar-refractivity contribution in [3.8, 4) is 5.75 Å². The Bertz CT molecular complexity index is 1300. The lowest BCUT2D eigenvalue weighted by Gasteiger charge is -2.19. The summed E-state index contributed by atoms with van der Waals surface area (Å²) in [5.74, 6) is 1.59. The lowest BCUT2D eigenvalue weighted by atomic mass is 10.2. The Labute approximate surface area is 203 Å². The van der Waals surface area contributed by atoms with Crippen molar-refractivity contribution in [3.05, 3.63) is 60.4 Å². The van der Waals surface area contributed by atoms with Gasteiger partial charge in [-0.25, -0.2) is 10.5 Å². The number of amides is 1. The zero-order valence-corrected chi connectivity index (χ0v) is 20.0. The third-order valence-electron chi connectivity index (χ3n) is 5.79. The Morgan fingerprint density at radius 1 is 1.14 bits per heavy atom. The van der Waals surface area contributed by atoms with E-state index in [1.54, 1.807) is 11.7 Å². The number of unbranched alkanes of at least 4 members (excludes halogenated alkanes) is 1. The number of fused-ring (bicyclic) bond motifs is 1. The van der Waals surface area contributed by atoms with Crippen LogP contribution in [0.1, 0.15) is 25.0 Å². The number of rotatable bonds is 10. The first-order valence-electron chi connectivity index (χ1n) is 11.4. The van der Waals surface area contributed by atoms with Crippen molar-refractivity contribution in [1.82, 2.24) is 25.2 Å². The van der Waals surface area contributed by atoms with E-state index in [1.807, 2.05) is 54.0 Å². The summed E-state index contributed by atoms with van der Waals surface area (Å²) >= 11 is 0. The van der Waals surface area contributed by atoms with Gasteiger partial charge in [-0.3, -0.25) is 14.7 Å². The zero-order chi connectivity index (χ0) is 24.8. The summed E-state index contributed by atoms with van der Waals surface area (Å²) in [6, 6.07) is 15.6. The van der Waals surface area contributed by atoms with E-state index in [4.69, 9.17) is 9.94 Å². The average Bonchev–Trinajstić information content (AvgIpc) is 3.16. The van der Waals surface area contributed by atoms with Crippen LogP contribution in [0.15, 0.2) is 54.7 Å². The second kappa shape index (κ2) is 10.8. The normalized spacial score (nSPS) is 10.9. The minimum Gasteiger partial charge on any atom is -0.494 e. The Kier molecular flexibility index (Phi) is 7.41. The summed E-state index contributed by atoms with van der Waals surface area (Å²) in [7, 11) is 3.91. The lowest BCUT2D eigenvalue weighted by molar-refractivity contribution is -0.129. The van der Waals surface area contributed by atoms with Crippen molar-refractivity contribution in [1.29, 1.82) is 0 Å². The van der Waals surface area contributed by atoms with Crippen LogP contribution in [0.3, 0.4) is 0 Å². The number of carbonyl (C=O) groups excluding carboxylic acids is 1. The average molecular weight is 476 g/mol. The van der Waals surface area contributed by atoms with Gasteiger partial charge in [0.25, 0.3) is 0 Å². The molecule has 2 heterocycles. The van der Waals surface area contributed by atoms with Crippen molar-refractivity contribution >= 4 is 40.0 Å². The highest BCUT2D eigenvalue weighted by Crippen LogP contribution is 2.27. The molecule has 2 aromatic carbocycles. The standard InChI is InChI=1S/C25H29N7O3/c1-17-21-12-9-19(16-22(21)29-32(17)3)31(2)23-13-14-26-25(28-23)27-18-7-10-20(11-8-18)35-15-5-4-6-24(33)30-34/h7-14,16,34H,4-6,15H2,1-3H3,(H,30,33)(H,26,27,28). The summed E-state index contributed by atoms with van der Waals surface area (Å²) in [6.07, 6.45) is 3.35. The molecule has 0 bridgehead atoms. The van der Waals surface area contributed by atoms with Gasteiger partial charge in [0.2, 0.25) is 11.9 Å². The van der Waals surface area contributed by atoms with Crippen molar-refractivity contribution in [2.45, 2.75) is 26.2 Å². The fourth-order valence-corrected chi connectivity index (χ4v) is 3.65. The minimum atomic E-state index is -0.387. The maximum Gasteiger partial charge on any atom is 0.243 e. The Morgan fingerprint density at radius 3 is 2.71 bits per heavy atom. The SMILES string of the molecule is Cc1c2ccc(N(C)c3ccnc(Nc4ccc(OCCCCC(=O)NO)cc4)n3)cc2nn1C. The number of hydrogen-bond donors (Lipinski definition) is 3. The Morgan fingerprint density at radius 2 is 1.94 bits per heavy atom. The number of nitrogens with one attached hydrogen (secondary N) is 2. The van der Waals surface area contributed by atoms with E-state index in [2.05, 4.69) is 45.5 Å². The number of aromatic nitrogens is 4. The van der Waals surface area contributed by atoms with Crippen LogP contribution in [-0.2, 0) is 11.8 Å². The molecule has 3 N–H and O–H groups in total. The van der Waals surface area contributed by atoms with E-state index in [0.717, 1.165) is 39.5 Å². The van der Waals surface area contributed by atoms with E-state index in [0.29, 0.717) is 25.4 Å². The molecule has 2 aromatic heterocycles. The molecule has 0 saturated heterocycles. The quantitative estimate of drug-likeness (QED) is 0.177. The molecule has 4 rings (SSSR count). The summed E-state index contributed by atoms with van der Waals surface area (Å²) in [4.78, 5) is 22.0. The van der Waals surface area contributed by atoms with Crippen LogP contribution in [0.4, 0.5) is 23.1 Å². The van der Waals surface area contributed by atoms with Gasteiger partial charge in [-0.1, -0.05) is 0 Å². The molecular weight excluding hydrogens is 446 g/mol. The summed E-state index contributed by atoms with van der Waals surface area (Å²) < 4.78 is 7.58. The van der Waals surface area contributed by atoms with Gasteiger partial charge in [0, 0.05) is 49.2 Å². The topological polar surface area (TPSA) is 117 Å². The van der Waals surface area contributed by atoms with Gasteiger partial charge >= 0.3 is 0 Å². The second-order valence-electron chi connectivity index (χ2n) is 8.20. The lowest BCUT2D eigenvalue weighted by Crippen LogP contribution is -2.18. The number of nitrogens with zero attached hydrogens (tertiary/aromatic N) is 5. The van der Waals surface area contributed by atoms with Crippen molar-refractivity contribution in [2.24, 2.45) is 7.05 Å². The molecule has 0 aliphatic carbocycles. The molecule has 0 aliphatic rings. The summed E-state index contributed by atoms with van der Waals surface area (Å²) in [5.41, 5.74) is 5.52. The molecule has 0 fully saturated rings. The van der Waals surface area contributed by atoms with Gasteiger partial charge in [-0.2, -0.15) is 10.1 Å². The van der Waals surface area contributed by atoms with Crippen molar-refractivity contribution < 1.29 is 14.7 Å². The highest BCUT2D eigenvalue weighted by atomic mass is 16.5. The van der Waals surface area contributed by atoms with Gasteiger partial charge in [-0.05, 0) is 68.3 Å². The first kappa shape index (κ1) is 24.0. The highest BCUT2D eigenvalue weighted by Gasteiger charge is 2.11. The highest BCUT2D eigenvalue weighted by molar-refractivity contribution is 5.85. The molecule has 0 spiro atoms. The van der Waals surface area contributed by atoms with E-state index in [9.17, 15) is 4.79 Å². The number of ether oxygens (including phenoxy) is 1. The third kappa shape index (κ3) is 5.85. The zero-order valence-electron chi connectivity index (χ0n) is 20.0. The third-order valence-corrected chi connectivity index (χ3v) is 5.79. The fourth-order valence-electron chi connectivity index (χ4n) is 3.65. The van der Waals surface area contributed by atoms with Crippen molar-refractivity contribution in [3.63, 3.8) is 0 Å². The van der Waals surface area contributed by atoms with Gasteiger partial charge in [-0.15, -0.1) is 0 Å². The molecule has 0 aliphatic heterocycles. The largest absolute Gasteiger partial charge is 0.494 e. The van der Waals surface area contributed by atoms with Crippen LogP contribution >= 0.6 is 0 Å². The van der Waals surface area contributed by atoms with Crippen molar-refractivity contribution in [2.75, 3.05) is 23.9 Å². The van der Waals surface area contributed by atoms with E-state index in [1.165, 1.54) is 0 Å². The van der Waals surface area contributed by atoms with Crippen LogP contribution in [0.25, 0.3) is 10.9 Å². The van der Waals surface area contributed by atoms with Gasteiger partial charge in [0.15, 0.2) is 0 Å². The monoisotopic (exact) mass is 475 g/mol. The first-order chi connectivity index (χ1) is 16.9. The number of anilines is 4. The molecule has 182 valence electrons. The Balaban J connectivity index is 1.36. The van der Waals surface area contributed by atoms with Gasteiger partial charge in [0.1, 0.15) is 11.6 Å². The molecule has 0 atom stereocenters. The number of aryl methyl sites for hydroxylation is 2. The van der Waals surface area contributed by atoms with Gasteiger partial charge in [0.05, 0.1) is 12.1 Å². The number of carbonyl (C=O) groups is 1. The molecule has 4 aromatic rings. The molecule has 35 heavy (non-hydrogen) atoms. The van der Waals surface area contributed by atoms with Crippen LogP contribution in [0, 0.1) is 6.92 Å². The van der Waals surface area contributed by atoms with E-state index < -0.39 is 0 Å². The Hall–Kier alpha value is -4.18. The van der Waals surface area contributed by atoms with E-state index >= 15 is 0 Å². The smallest absolute Gasteiger partial charge is 0.243 e. The van der Waals surface area contributed by atoms with Crippen LogP contribution in [0.5, 0.6) is 5.75 Å². The molecule has 0 saturated carbocycles. The van der Waals surface area contributed by atoms with Crippen LogP contribution < -0.4 is 20.4 Å². The number of hydroxylamine groups is 1. The van der Waals surface area contributed by atoms with Crippen LogP contribution in [0.2, 0.25) is 0 Å².